The van der Waals surface area contributed by atoms with Crippen LogP contribution in [0.15, 0.2) is 23.4 Å². The minimum atomic E-state index is -0.490. The highest BCUT2D eigenvalue weighted by molar-refractivity contribution is 5.69. The number of carbonyl (C=O) groups is 1. The lowest BCUT2D eigenvalue weighted by molar-refractivity contribution is 0.0134. The Balaban J connectivity index is 1.70. The maximum atomic E-state index is 12.9. The Kier molecular flexibility index (Phi) is 6.52. The first-order valence-corrected chi connectivity index (χ1v) is 10.5. The third kappa shape index (κ3) is 6.00. The van der Waals surface area contributed by atoms with Crippen LogP contribution < -0.4 is 4.90 Å². The van der Waals surface area contributed by atoms with Crippen LogP contribution in [0, 0.1) is 5.92 Å². The van der Waals surface area contributed by atoms with Crippen LogP contribution in [0.2, 0.25) is 0 Å². The third-order valence-corrected chi connectivity index (χ3v) is 5.41. The molecule has 29 heavy (non-hydrogen) atoms. The van der Waals surface area contributed by atoms with Crippen LogP contribution in [0.3, 0.4) is 0 Å². The maximum absolute atomic E-state index is 12.9. The van der Waals surface area contributed by atoms with E-state index in [-0.39, 0.29) is 18.2 Å². The molecule has 1 unspecified atom stereocenters. The molecule has 1 aromatic rings. The molecule has 2 aliphatic rings. The highest BCUT2D eigenvalue weighted by atomic mass is 16.6. The standard InChI is InChI=1S/C21H32N6O2/c1-15(24-25-22)19-10-9-17(12-23-19)26-11-5-6-18(14-26)27(13-16-7-8-16)20(28)29-21(2,3)4/h9-10,12,15-16,18H,5-8,11,13-14H2,1-4H3/t15?,18-/m1/s1. The number of rotatable bonds is 6. The van der Waals surface area contributed by atoms with Crippen molar-refractivity contribution in [2.75, 3.05) is 24.5 Å². The summed E-state index contributed by atoms with van der Waals surface area (Å²) in [6.45, 7) is 10.1. The van der Waals surface area contributed by atoms with Gasteiger partial charge in [0.1, 0.15) is 5.60 Å². The molecule has 2 heterocycles. The molecule has 2 atom stereocenters. The summed E-state index contributed by atoms with van der Waals surface area (Å²) in [6.07, 6.45) is 6.04. The van der Waals surface area contributed by atoms with E-state index in [1.54, 1.807) is 0 Å². The van der Waals surface area contributed by atoms with Gasteiger partial charge in [0.15, 0.2) is 0 Å². The van der Waals surface area contributed by atoms with E-state index < -0.39 is 5.60 Å². The Bertz CT molecular complexity index is 749. The second kappa shape index (κ2) is 8.91. The average molecular weight is 401 g/mol. The van der Waals surface area contributed by atoms with Gasteiger partial charge in [-0.3, -0.25) is 4.98 Å². The Hall–Kier alpha value is -2.47. The molecule has 158 valence electrons. The van der Waals surface area contributed by atoms with Crippen LogP contribution in [0.25, 0.3) is 10.4 Å². The van der Waals surface area contributed by atoms with Crippen molar-refractivity contribution >= 4 is 11.8 Å². The Labute approximate surface area is 172 Å². The number of amides is 1. The van der Waals surface area contributed by atoms with Gasteiger partial charge in [-0.25, -0.2) is 4.79 Å². The second-order valence-corrected chi connectivity index (χ2v) is 9.14. The van der Waals surface area contributed by atoms with Crippen molar-refractivity contribution in [3.63, 3.8) is 0 Å². The molecule has 1 saturated carbocycles. The smallest absolute Gasteiger partial charge is 0.410 e. The Morgan fingerprint density at radius 3 is 2.76 bits per heavy atom. The fraction of sp³-hybridized carbons (Fsp3) is 0.714. The van der Waals surface area contributed by atoms with Crippen LogP contribution in [0.4, 0.5) is 10.5 Å². The normalized spacial score (nSPS) is 20.6. The summed E-state index contributed by atoms with van der Waals surface area (Å²) < 4.78 is 5.70. The molecule has 0 spiro atoms. The zero-order valence-corrected chi connectivity index (χ0v) is 17.9. The summed E-state index contributed by atoms with van der Waals surface area (Å²) in [4.78, 5) is 24.4. The predicted octanol–water partition coefficient (Wildman–Crippen LogP) is 5.07. The second-order valence-electron chi connectivity index (χ2n) is 9.14. The molecule has 0 radical (unpaired) electrons. The third-order valence-electron chi connectivity index (χ3n) is 5.41. The van der Waals surface area contributed by atoms with Crippen LogP contribution in [-0.4, -0.2) is 47.3 Å². The molecule has 1 saturated heterocycles. The zero-order valence-electron chi connectivity index (χ0n) is 17.9. The quantitative estimate of drug-likeness (QED) is 0.378. The number of nitrogens with zero attached hydrogens (tertiary/aromatic N) is 6. The molecular formula is C21H32N6O2. The van der Waals surface area contributed by atoms with E-state index >= 15 is 0 Å². The van der Waals surface area contributed by atoms with Crippen LogP contribution in [0.1, 0.15) is 65.1 Å². The number of aromatic nitrogens is 1. The molecule has 0 aromatic carbocycles. The number of anilines is 1. The lowest BCUT2D eigenvalue weighted by atomic mass is 10.0. The summed E-state index contributed by atoms with van der Waals surface area (Å²) >= 11 is 0. The first-order valence-electron chi connectivity index (χ1n) is 10.5. The fourth-order valence-corrected chi connectivity index (χ4v) is 3.68. The molecule has 2 fully saturated rings. The van der Waals surface area contributed by atoms with Crippen LogP contribution >= 0.6 is 0 Å². The molecule has 0 bridgehead atoms. The molecule has 8 heteroatoms. The van der Waals surface area contributed by atoms with Crippen molar-refractivity contribution in [1.82, 2.24) is 9.88 Å². The van der Waals surface area contributed by atoms with Crippen molar-refractivity contribution in [1.29, 1.82) is 0 Å². The molecule has 1 aliphatic heterocycles. The zero-order chi connectivity index (χ0) is 21.0. The van der Waals surface area contributed by atoms with Gasteiger partial charge >= 0.3 is 6.09 Å². The summed E-state index contributed by atoms with van der Waals surface area (Å²) in [5.74, 6) is 0.612. The summed E-state index contributed by atoms with van der Waals surface area (Å²) in [6, 6.07) is 3.78. The number of ether oxygens (including phenoxy) is 1. The van der Waals surface area contributed by atoms with Crippen molar-refractivity contribution in [3.05, 3.63) is 34.5 Å². The van der Waals surface area contributed by atoms with Gasteiger partial charge < -0.3 is 14.5 Å². The molecule has 8 nitrogen and oxygen atoms in total. The van der Waals surface area contributed by atoms with Gasteiger partial charge in [-0.05, 0) is 70.0 Å². The van der Waals surface area contributed by atoms with E-state index in [2.05, 4.69) is 19.9 Å². The number of piperidine rings is 1. The maximum Gasteiger partial charge on any atom is 0.410 e. The van der Waals surface area contributed by atoms with E-state index in [0.717, 1.165) is 43.9 Å². The van der Waals surface area contributed by atoms with Crippen LogP contribution in [0.5, 0.6) is 0 Å². The van der Waals surface area contributed by atoms with Crippen molar-refractivity contribution in [3.8, 4) is 0 Å². The van der Waals surface area contributed by atoms with Gasteiger partial charge in [-0.1, -0.05) is 12.0 Å². The fourth-order valence-electron chi connectivity index (χ4n) is 3.68. The van der Waals surface area contributed by atoms with Gasteiger partial charge in [-0.15, -0.1) is 0 Å². The van der Waals surface area contributed by atoms with Gasteiger partial charge in [-0.2, -0.15) is 0 Å². The summed E-state index contributed by atoms with van der Waals surface area (Å²) in [7, 11) is 0. The van der Waals surface area contributed by atoms with E-state index in [9.17, 15) is 4.79 Å². The molecule has 1 amide bonds. The molecule has 1 aromatic heterocycles. The van der Waals surface area contributed by atoms with Crippen molar-refractivity contribution < 1.29 is 9.53 Å². The van der Waals surface area contributed by atoms with Gasteiger partial charge in [0.2, 0.25) is 0 Å². The largest absolute Gasteiger partial charge is 0.444 e. The van der Waals surface area contributed by atoms with Gasteiger partial charge in [0.25, 0.3) is 0 Å². The van der Waals surface area contributed by atoms with Gasteiger partial charge in [0, 0.05) is 30.2 Å². The number of pyridine rings is 1. The monoisotopic (exact) mass is 400 g/mol. The van der Waals surface area contributed by atoms with E-state index in [1.807, 2.05) is 50.9 Å². The van der Waals surface area contributed by atoms with Crippen molar-refractivity contribution in [2.24, 2.45) is 11.0 Å². The molecular weight excluding hydrogens is 368 g/mol. The Morgan fingerprint density at radius 2 is 2.17 bits per heavy atom. The minimum Gasteiger partial charge on any atom is -0.444 e. The highest BCUT2D eigenvalue weighted by Crippen LogP contribution is 2.32. The Morgan fingerprint density at radius 1 is 1.41 bits per heavy atom. The summed E-state index contributed by atoms with van der Waals surface area (Å²) in [5.41, 5.74) is 9.89. The highest BCUT2D eigenvalue weighted by Gasteiger charge is 2.35. The first-order chi connectivity index (χ1) is 13.8. The lowest BCUT2D eigenvalue weighted by Crippen LogP contribution is -2.52. The number of carbonyl (C=O) groups excluding carboxylic acids is 1. The molecule has 1 aliphatic carbocycles. The van der Waals surface area contributed by atoms with Gasteiger partial charge in [0.05, 0.1) is 24.0 Å². The minimum absolute atomic E-state index is 0.140. The predicted molar refractivity (Wildman–Crippen MR) is 113 cm³/mol. The van der Waals surface area contributed by atoms with Crippen molar-refractivity contribution in [2.45, 2.75) is 71.1 Å². The average Bonchev–Trinajstić information content (AvgIpc) is 3.49. The lowest BCUT2D eigenvalue weighted by Gasteiger charge is -2.40. The summed E-state index contributed by atoms with van der Waals surface area (Å²) in [5, 5.41) is 3.70. The SMILES string of the molecule is CC(N=[N+]=[N-])c1ccc(N2CCC[C@@H](N(CC3CC3)C(=O)OC(C)(C)C)C2)cn1. The number of azide groups is 1. The van der Waals surface area contributed by atoms with Crippen LogP contribution in [-0.2, 0) is 4.74 Å². The molecule has 3 rings (SSSR count). The van der Waals surface area contributed by atoms with E-state index in [0.29, 0.717) is 5.92 Å². The van der Waals surface area contributed by atoms with E-state index in [4.69, 9.17) is 10.3 Å². The first kappa shape index (κ1) is 21.2. The van der Waals surface area contributed by atoms with E-state index in [1.165, 1.54) is 12.8 Å². The number of hydrogen-bond acceptors (Lipinski definition) is 5. The topological polar surface area (TPSA) is 94.4 Å². The number of hydrogen-bond donors (Lipinski definition) is 0. The molecule has 0 N–H and O–H groups in total.